The molecule has 0 saturated heterocycles. The second-order valence-corrected chi connectivity index (χ2v) is 6.92. The van der Waals surface area contributed by atoms with Gasteiger partial charge in [-0.15, -0.1) is 36.2 Å². The average molecular weight is 442 g/mol. The van der Waals surface area contributed by atoms with E-state index in [2.05, 4.69) is 44.1 Å². The highest BCUT2D eigenvalue weighted by atomic mass is 35.5. The Morgan fingerprint density at radius 2 is 1.96 bits per heavy atom. The molecule has 0 fully saturated rings. The quantitative estimate of drug-likeness (QED) is 0.533. The van der Waals surface area contributed by atoms with Gasteiger partial charge >= 0.3 is 0 Å². The maximum atomic E-state index is 12.2. The number of benzene rings is 1. The molecule has 3 aromatic rings. The number of hydrogen-bond donors (Lipinski definition) is 2. The van der Waals surface area contributed by atoms with Crippen molar-refractivity contribution in [1.82, 2.24) is 19.9 Å². The highest BCUT2D eigenvalue weighted by Crippen LogP contribution is 2.10. The van der Waals surface area contributed by atoms with Gasteiger partial charge in [0, 0.05) is 30.7 Å². The zero-order valence-corrected chi connectivity index (χ0v) is 17.9. The average Bonchev–Trinajstić information content (AvgIpc) is 3.31. The van der Waals surface area contributed by atoms with Crippen molar-refractivity contribution >= 4 is 42.1 Å². The van der Waals surface area contributed by atoms with Crippen LogP contribution in [-0.2, 0) is 25.9 Å². The second-order valence-electron chi connectivity index (χ2n) is 5.97. The van der Waals surface area contributed by atoms with Gasteiger partial charge in [-0.2, -0.15) is 0 Å². The Hall–Kier alpha value is -1.93. The van der Waals surface area contributed by atoms with Crippen LogP contribution in [0.15, 0.2) is 48.1 Å². The number of imidazole rings is 1. The fourth-order valence-corrected chi connectivity index (χ4v) is 3.51. The molecular formula is C19H25Cl2N5OS. The molecule has 28 heavy (non-hydrogen) atoms. The summed E-state index contributed by atoms with van der Waals surface area (Å²) >= 11 is 1.47. The van der Waals surface area contributed by atoms with E-state index in [1.54, 1.807) is 11.6 Å². The summed E-state index contributed by atoms with van der Waals surface area (Å²) in [6, 6.07) is 10.4. The molecule has 0 radical (unpaired) electrons. The molecule has 1 amide bonds. The van der Waals surface area contributed by atoms with Crippen LogP contribution in [0.2, 0.25) is 0 Å². The van der Waals surface area contributed by atoms with Crippen molar-refractivity contribution in [3.8, 4) is 0 Å². The zero-order valence-electron chi connectivity index (χ0n) is 15.4. The van der Waals surface area contributed by atoms with Gasteiger partial charge in [0.2, 0.25) is 0 Å². The minimum absolute atomic E-state index is 0. The Labute approximate surface area is 181 Å². The lowest BCUT2D eigenvalue weighted by Crippen LogP contribution is -2.25. The lowest BCUT2D eigenvalue weighted by atomic mass is 10.1. The molecule has 1 aromatic carbocycles. The summed E-state index contributed by atoms with van der Waals surface area (Å²) in [4.78, 5) is 20.9. The second kappa shape index (κ2) is 12.5. The van der Waals surface area contributed by atoms with Crippen LogP contribution in [0.5, 0.6) is 0 Å². The van der Waals surface area contributed by atoms with E-state index in [1.807, 2.05) is 12.3 Å². The molecular weight excluding hydrogens is 417 g/mol. The van der Waals surface area contributed by atoms with E-state index in [0.29, 0.717) is 25.2 Å². The largest absolute Gasteiger partial charge is 0.343 e. The lowest BCUT2D eigenvalue weighted by molar-refractivity contribution is 0.0945. The summed E-state index contributed by atoms with van der Waals surface area (Å²) in [5.74, 6) is 0.673. The first-order chi connectivity index (χ1) is 12.8. The third kappa shape index (κ3) is 6.91. The molecule has 0 unspecified atom stereocenters. The number of amides is 1. The topological polar surface area (TPSA) is 85.8 Å². The molecule has 0 aliphatic carbocycles. The number of carbonyl (C=O) groups is 1. The molecule has 6 nitrogen and oxygen atoms in total. The first-order valence-electron chi connectivity index (χ1n) is 8.73. The molecule has 0 atom stereocenters. The lowest BCUT2D eigenvalue weighted by Gasteiger charge is -2.08. The predicted molar refractivity (Wildman–Crippen MR) is 118 cm³/mol. The van der Waals surface area contributed by atoms with Gasteiger partial charge in [-0.25, -0.2) is 9.97 Å². The molecule has 0 aliphatic heterocycles. The van der Waals surface area contributed by atoms with E-state index in [1.165, 1.54) is 16.9 Å². The Morgan fingerprint density at radius 1 is 1.18 bits per heavy atom. The minimum atomic E-state index is -0.177. The molecule has 2 aromatic heterocycles. The number of rotatable bonds is 9. The number of aromatic nitrogens is 3. The number of thiazole rings is 1. The summed E-state index contributed by atoms with van der Waals surface area (Å²) in [6.45, 7) is 1.80. The number of hydrogen-bond acceptors (Lipinski definition) is 5. The molecule has 0 saturated carbocycles. The van der Waals surface area contributed by atoms with Crippen LogP contribution in [0.1, 0.15) is 33.3 Å². The summed E-state index contributed by atoms with van der Waals surface area (Å²) < 4.78 is 2.09. The van der Waals surface area contributed by atoms with E-state index in [0.717, 1.165) is 30.2 Å². The monoisotopic (exact) mass is 441 g/mol. The highest BCUT2D eigenvalue weighted by molar-refractivity contribution is 7.09. The summed E-state index contributed by atoms with van der Waals surface area (Å²) in [5, 5.41) is 5.56. The van der Waals surface area contributed by atoms with Crippen LogP contribution in [0.3, 0.4) is 0 Å². The molecule has 0 spiro atoms. The van der Waals surface area contributed by atoms with Gasteiger partial charge in [-0.05, 0) is 24.9 Å². The minimum Gasteiger partial charge on any atom is -0.343 e. The van der Waals surface area contributed by atoms with Crippen molar-refractivity contribution in [1.29, 1.82) is 0 Å². The molecule has 152 valence electrons. The third-order valence-corrected chi connectivity index (χ3v) is 4.97. The Bertz CT molecular complexity index is 838. The van der Waals surface area contributed by atoms with E-state index in [9.17, 15) is 4.79 Å². The van der Waals surface area contributed by atoms with Gasteiger partial charge in [0.05, 0.1) is 11.6 Å². The highest BCUT2D eigenvalue weighted by Gasteiger charge is 2.11. The van der Waals surface area contributed by atoms with Gasteiger partial charge in [0.25, 0.3) is 5.91 Å². The number of nitrogens with one attached hydrogen (secondary N) is 1. The third-order valence-electron chi connectivity index (χ3n) is 4.06. The van der Waals surface area contributed by atoms with Crippen LogP contribution in [0, 0.1) is 0 Å². The van der Waals surface area contributed by atoms with E-state index < -0.39 is 0 Å². The van der Waals surface area contributed by atoms with Gasteiger partial charge < -0.3 is 15.6 Å². The summed E-state index contributed by atoms with van der Waals surface area (Å²) in [6.07, 6.45) is 6.47. The van der Waals surface area contributed by atoms with Crippen LogP contribution in [0.4, 0.5) is 0 Å². The summed E-state index contributed by atoms with van der Waals surface area (Å²) in [5.41, 5.74) is 7.30. The molecule has 3 N–H and O–H groups in total. The van der Waals surface area contributed by atoms with Gasteiger partial charge in [0.15, 0.2) is 0 Å². The molecule has 3 rings (SSSR count). The number of halogens is 2. The molecule has 0 bridgehead atoms. The predicted octanol–water partition coefficient (Wildman–Crippen LogP) is 3.25. The summed E-state index contributed by atoms with van der Waals surface area (Å²) in [7, 11) is 0. The number of carbonyl (C=O) groups excluding carboxylic acids is 1. The van der Waals surface area contributed by atoms with Crippen LogP contribution >= 0.6 is 36.2 Å². The molecule has 2 heterocycles. The van der Waals surface area contributed by atoms with E-state index >= 15 is 0 Å². The van der Waals surface area contributed by atoms with Crippen molar-refractivity contribution in [2.75, 3.05) is 6.54 Å². The molecule has 0 aliphatic rings. The van der Waals surface area contributed by atoms with Crippen molar-refractivity contribution in [2.45, 2.75) is 32.4 Å². The number of nitrogens with two attached hydrogens (primary N) is 1. The van der Waals surface area contributed by atoms with Crippen molar-refractivity contribution in [3.05, 3.63) is 70.2 Å². The van der Waals surface area contributed by atoms with Gasteiger partial charge in [-0.1, -0.05) is 30.3 Å². The van der Waals surface area contributed by atoms with Crippen molar-refractivity contribution < 1.29 is 4.79 Å². The number of aryl methyl sites for hydroxylation is 2. The van der Waals surface area contributed by atoms with E-state index in [-0.39, 0.29) is 30.7 Å². The zero-order chi connectivity index (χ0) is 18.2. The first kappa shape index (κ1) is 24.1. The van der Waals surface area contributed by atoms with Crippen molar-refractivity contribution in [3.63, 3.8) is 0 Å². The van der Waals surface area contributed by atoms with E-state index in [4.69, 9.17) is 5.73 Å². The van der Waals surface area contributed by atoms with Gasteiger partial charge in [-0.3, -0.25) is 4.79 Å². The maximum Gasteiger partial charge on any atom is 0.271 e. The van der Waals surface area contributed by atoms with Crippen molar-refractivity contribution in [2.24, 2.45) is 5.73 Å². The first-order valence-corrected chi connectivity index (χ1v) is 9.61. The van der Waals surface area contributed by atoms with Crippen LogP contribution in [0.25, 0.3) is 0 Å². The maximum absolute atomic E-state index is 12.2. The normalized spacial score (nSPS) is 10.0. The standard InChI is InChI=1S/C19H23N5OS.2ClH/c20-9-8-18-23-16(14-26-18)19(25)22-13-17-21-10-12-24(17)11-4-7-15-5-2-1-3-6-15;;/h1-3,5-6,10,12,14H,4,7-9,11,13,20H2,(H,22,25);2*1H. The fraction of sp³-hybridized carbons (Fsp3) is 0.316. The van der Waals surface area contributed by atoms with Gasteiger partial charge in [0.1, 0.15) is 11.5 Å². The number of nitrogens with zero attached hydrogens (tertiary/aromatic N) is 3. The SMILES string of the molecule is Cl.Cl.NCCc1nc(C(=O)NCc2nccn2CCCc2ccccc2)cs1. The fourth-order valence-electron chi connectivity index (χ4n) is 2.71. The van der Waals surface area contributed by atoms with Crippen LogP contribution < -0.4 is 11.1 Å². The van der Waals surface area contributed by atoms with Crippen LogP contribution in [-0.4, -0.2) is 27.0 Å². The Kier molecular flexibility index (Phi) is 10.8. The Morgan fingerprint density at radius 3 is 2.71 bits per heavy atom. The smallest absolute Gasteiger partial charge is 0.271 e. The Balaban J connectivity index is 0.00000196. The molecule has 9 heteroatoms.